The number of hydrogen-bond donors (Lipinski definition) is 1. The van der Waals surface area contributed by atoms with Crippen LogP contribution in [-0.4, -0.2) is 29.5 Å². The van der Waals surface area contributed by atoms with Gasteiger partial charge in [-0.2, -0.15) is 0 Å². The van der Waals surface area contributed by atoms with E-state index in [0.29, 0.717) is 54.8 Å². The number of benzene rings is 1. The van der Waals surface area contributed by atoms with Crippen LogP contribution >= 0.6 is 0 Å². The second-order valence-electron chi connectivity index (χ2n) is 10.3. The van der Waals surface area contributed by atoms with Gasteiger partial charge in [0, 0.05) is 30.6 Å². The minimum Gasteiger partial charge on any atom is -0.450 e. The highest BCUT2D eigenvalue weighted by molar-refractivity contribution is 5.81. The van der Waals surface area contributed by atoms with E-state index < -0.39 is 0 Å². The Morgan fingerprint density at radius 1 is 1.11 bits per heavy atom. The van der Waals surface area contributed by atoms with Gasteiger partial charge in [-0.05, 0) is 92.0 Å². The van der Waals surface area contributed by atoms with E-state index in [1.54, 1.807) is 12.3 Å². The Bertz CT molecular complexity index is 1100. The molecule has 1 N–H and O–H groups in total. The summed E-state index contributed by atoms with van der Waals surface area (Å²) in [6, 6.07) is 10.6. The van der Waals surface area contributed by atoms with Gasteiger partial charge in [-0.3, -0.25) is 9.78 Å². The number of carbonyl (C=O) groups is 2. The number of amides is 1. The van der Waals surface area contributed by atoms with E-state index in [1.165, 1.54) is 12.1 Å². The Morgan fingerprint density at radius 3 is 2.77 bits per heavy atom. The molecule has 0 unspecified atom stereocenters. The van der Waals surface area contributed by atoms with Gasteiger partial charge < -0.3 is 10.1 Å². The molecule has 5 nitrogen and oxygen atoms in total. The fourth-order valence-electron chi connectivity index (χ4n) is 6.75. The molecule has 0 spiro atoms. The molecule has 6 heteroatoms. The van der Waals surface area contributed by atoms with E-state index in [2.05, 4.69) is 22.5 Å². The molecule has 5 rings (SSSR count). The lowest BCUT2D eigenvalue weighted by molar-refractivity contribution is -0.117. The second kappa shape index (κ2) is 10.3. The molecule has 3 fully saturated rings. The van der Waals surface area contributed by atoms with E-state index in [-0.39, 0.29) is 18.0 Å². The molecule has 3 aliphatic rings. The summed E-state index contributed by atoms with van der Waals surface area (Å²) in [6.07, 6.45) is 11.2. The number of allylic oxidation sites excluding steroid dienone is 1. The normalized spacial score (nSPS) is 30.1. The number of ether oxygens (including phenoxy) is 1. The van der Waals surface area contributed by atoms with Gasteiger partial charge in [-0.1, -0.05) is 24.3 Å². The summed E-state index contributed by atoms with van der Waals surface area (Å²) < 4.78 is 18.7. The van der Waals surface area contributed by atoms with Crippen LogP contribution < -0.4 is 5.32 Å². The van der Waals surface area contributed by atoms with Crippen molar-refractivity contribution in [3.63, 3.8) is 0 Å². The number of rotatable bonds is 5. The summed E-state index contributed by atoms with van der Waals surface area (Å²) in [5.74, 6) is 2.33. The van der Waals surface area contributed by atoms with Gasteiger partial charge in [0.1, 0.15) is 11.6 Å². The summed E-state index contributed by atoms with van der Waals surface area (Å²) in [4.78, 5) is 28.9. The van der Waals surface area contributed by atoms with Crippen LogP contribution in [0.5, 0.6) is 0 Å². The monoisotopic (exact) mass is 476 g/mol. The molecule has 35 heavy (non-hydrogen) atoms. The number of pyridine rings is 1. The highest BCUT2D eigenvalue weighted by atomic mass is 19.1. The lowest BCUT2D eigenvalue weighted by Gasteiger charge is -2.48. The van der Waals surface area contributed by atoms with Gasteiger partial charge in [0.05, 0.1) is 12.3 Å². The van der Waals surface area contributed by atoms with Gasteiger partial charge in [-0.15, -0.1) is 0 Å². The van der Waals surface area contributed by atoms with Gasteiger partial charge >= 0.3 is 6.09 Å². The summed E-state index contributed by atoms with van der Waals surface area (Å²) in [6.45, 7) is 2.19. The van der Waals surface area contributed by atoms with Crippen LogP contribution in [0.2, 0.25) is 0 Å². The van der Waals surface area contributed by atoms with Crippen molar-refractivity contribution in [1.82, 2.24) is 10.3 Å². The van der Waals surface area contributed by atoms with Gasteiger partial charge in [-0.25, -0.2) is 9.18 Å². The molecule has 1 aromatic heterocycles. The van der Waals surface area contributed by atoms with Gasteiger partial charge in [0.2, 0.25) is 0 Å². The molecule has 3 saturated carbocycles. The van der Waals surface area contributed by atoms with Crippen LogP contribution in [-0.2, 0) is 9.53 Å². The number of carbonyl (C=O) groups excluding carboxylic acids is 2. The number of fused-ring (bicyclic) bond motifs is 2. The Hall–Kier alpha value is -3.02. The van der Waals surface area contributed by atoms with Crippen molar-refractivity contribution in [1.29, 1.82) is 0 Å². The van der Waals surface area contributed by atoms with Crippen molar-refractivity contribution < 1.29 is 18.7 Å². The molecule has 0 radical (unpaired) electrons. The fourth-order valence-corrected chi connectivity index (χ4v) is 6.75. The maximum atomic E-state index is 13.6. The Labute approximate surface area is 206 Å². The Kier molecular flexibility index (Phi) is 6.98. The zero-order valence-corrected chi connectivity index (χ0v) is 20.2. The first-order valence-electron chi connectivity index (χ1n) is 12.9. The molecule has 0 saturated heterocycles. The molecule has 6 atom stereocenters. The van der Waals surface area contributed by atoms with Crippen LogP contribution in [0.4, 0.5) is 9.18 Å². The van der Waals surface area contributed by atoms with Crippen LogP contribution in [0, 0.1) is 35.4 Å². The molecule has 0 aliphatic heterocycles. The van der Waals surface area contributed by atoms with E-state index in [9.17, 15) is 14.0 Å². The highest BCUT2D eigenvalue weighted by Crippen LogP contribution is 2.54. The third-order valence-electron chi connectivity index (χ3n) is 8.23. The summed E-state index contributed by atoms with van der Waals surface area (Å²) in [5, 5.41) is 3.04. The minimum atomic E-state index is -0.329. The summed E-state index contributed by atoms with van der Waals surface area (Å²) in [7, 11) is 0. The quantitative estimate of drug-likeness (QED) is 0.571. The SMILES string of the molecule is CCOC(=O)N[C@@H]1CC[C@@H]2[C@@H](C1)C[C@H]1CC(=O)C[C@H]1[C@H]2/C=C/c1ccc(-c2cccc(F)c2)cn1. The lowest BCUT2D eigenvalue weighted by Crippen LogP contribution is -2.46. The molecule has 1 aromatic carbocycles. The zero-order chi connectivity index (χ0) is 24.4. The first-order valence-corrected chi connectivity index (χ1v) is 12.9. The standard InChI is InChI=1S/C29H33FN2O3/c1-2-35-29(34)32-24-9-10-26-20(14-24)12-21-15-25(33)16-28(21)27(26)11-8-23-7-6-19(17-31-23)18-4-3-5-22(30)13-18/h3-8,11,13,17,20-21,24,26-28H,2,9-10,12,14-16H2,1H3,(H,32,34)/b11-8+/t20-,21+,24-,26-,27+,28-/m1/s1. The van der Waals surface area contributed by atoms with Crippen LogP contribution in [0.3, 0.4) is 0 Å². The topological polar surface area (TPSA) is 68.3 Å². The largest absolute Gasteiger partial charge is 0.450 e. The van der Waals surface area contributed by atoms with Crippen molar-refractivity contribution in [3.8, 4) is 11.1 Å². The van der Waals surface area contributed by atoms with E-state index in [1.807, 2.05) is 25.1 Å². The molecular formula is C29H33FN2O3. The minimum absolute atomic E-state index is 0.144. The number of alkyl carbamates (subject to hydrolysis) is 1. The molecular weight excluding hydrogens is 443 g/mol. The molecule has 0 bridgehead atoms. The maximum absolute atomic E-state index is 13.6. The van der Waals surface area contributed by atoms with Crippen molar-refractivity contribution in [3.05, 3.63) is 60.2 Å². The summed E-state index contributed by atoms with van der Waals surface area (Å²) in [5.41, 5.74) is 2.56. The molecule has 184 valence electrons. The van der Waals surface area contributed by atoms with Crippen molar-refractivity contribution in [2.75, 3.05) is 6.61 Å². The maximum Gasteiger partial charge on any atom is 0.407 e. The van der Waals surface area contributed by atoms with Gasteiger partial charge in [0.25, 0.3) is 0 Å². The van der Waals surface area contributed by atoms with Crippen molar-refractivity contribution >= 4 is 18.0 Å². The number of aromatic nitrogens is 1. The number of nitrogens with zero attached hydrogens (tertiary/aromatic N) is 1. The van der Waals surface area contributed by atoms with Gasteiger partial charge in [0.15, 0.2) is 0 Å². The first kappa shape index (κ1) is 23.7. The van der Waals surface area contributed by atoms with Crippen LogP contribution in [0.1, 0.15) is 51.1 Å². The van der Waals surface area contributed by atoms with Crippen LogP contribution in [0.25, 0.3) is 17.2 Å². The first-order chi connectivity index (χ1) is 17.0. The van der Waals surface area contributed by atoms with E-state index >= 15 is 0 Å². The number of ketones is 1. The predicted molar refractivity (Wildman–Crippen MR) is 133 cm³/mol. The fraction of sp³-hybridized carbons (Fsp3) is 0.483. The number of hydrogen-bond acceptors (Lipinski definition) is 4. The molecule has 3 aliphatic carbocycles. The highest BCUT2D eigenvalue weighted by Gasteiger charge is 2.49. The second-order valence-corrected chi connectivity index (χ2v) is 10.3. The summed E-state index contributed by atoms with van der Waals surface area (Å²) >= 11 is 0. The third kappa shape index (κ3) is 5.31. The predicted octanol–water partition coefficient (Wildman–Crippen LogP) is 6.05. The lowest BCUT2D eigenvalue weighted by atomic mass is 9.58. The Balaban J connectivity index is 1.31. The molecule has 1 amide bonds. The smallest absolute Gasteiger partial charge is 0.407 e. The molecule has 1 heterocycles. The third-order valence-corrected chi connectivity index (χ3v) is 8.23. The average Bonchev–Trinajstić information content (AvgIpc) is 3.22. The number of nitrogens with one attached hydrogen (secondary N) is 1. The van der Waals surface area contributed by atoms with E-state index in [4.69, 9.17) is 4.74 Å². The average molecular weight is 477 g/mol. The number of Topliss-reactive ketones (excluding diaryl/α,β-unsaturated/α-hetero) is 1. The van der Waals surface area contributed by atoms with Crippen LogP contribution in [0.15, 0.2) is 48.7 Å². The van der Waals surface area contributed by atoms with E-state index in [0.717, 1.165) is 42.5 Å². The number of halogens is 1. The van der Waals surface area contributed by atoms with Crippen molar-refractivity contribution in [2.45, 2.75) is 51.5 Å². The zero-order valence-electron chi connectivity index (χ0n) is 20.2. The Morgan fingerprint density at radius 2 is 2.00 bits per heavy atom. The van der Waals surface area contributed by atoms with Crippen molar-refractivity contribution in [2.24, 2.45) is 29.6 Å². The molecule has 2 aromatic rings.